The minimum atomic E-state index is 0.220. The Morgan fingerprint density at radius 1 is 0.938 bits per heavy atom. The summed E-state index contributed by atoms with van der Waals surface area (Å²) in [6, 6.07) is 0. The van der Waals surface area contributed by atoms with Gasteiger partial charge >= 0.3 is 0 Å². The molecule has 0 saturated heterocycles. The normalized spacial score (nSPS) is 11.4. The highest BCUT2D eigenvalue weighted by Gasteiger charge is 1.89. The lowest BCUT2D eigenvalue weighted by molar-refractivity contribution is -0.0531. The SMILES string of the molecule is CCCCCCOCOCC/C=C\CCO. The lowest BCUT2D eigenvalue weighted by atomic mass is 10.2. The fraction of sp³-hybridized carbons (Fsp3) is 0.846. The summed E-state index contributed by atoms with van der Waals surface area (Å²) in [5.41, 5.74) is 0. The fourth-order valence-electron chi connectivity index (χ4n) is 1.27. The molecule has 0 heterocycles. The summed E-state index contributed by atoms with van der Waals surface area (Å²) in [4.78, 5) is 0. The van der Waals surface area contributed by atoms with Crippen LogP contribution in [0.1, 0.15) is 45.4 Å². The predicted molar refractivity (Wildman–Crippen MR) is 66.4 cm³/mol. The zero-order valence-electron chi connectivity index (χ0n) is 10.5. The summed E-state index contributed by atoms with van der Waals surface area (Å²) in [6.45, 7) is 4.32. The maximum Gasteiger partial charge on any atom is 0.146 e. The van der Waals surface area contributed by atoms with E-state index in [0.29, 0.717) is 13.4 Å². The fourth-order valence-corrected chi connectivity index (χ4v) is 1.27. The summed E-state index contributed by atoms with van der Waals surface area (Å²) in [6.07, 6.45) is 10.5. The Hall–Kier alpha value is -0.380. The Kier molecular flexibility index (Phi) is 14.3. The minimum absolute atomic E-state index is 0.220. The molecule has 3 nitrogen and oxygen atoms in total. The first kappa shape index (κ1) is 15.6. The highest BCUT2D eigenvalue weighted by molar-refractivity contribution is 4.80. The molecular weight excluding hydrogens is 204 g/mol. The maximum atomic E-state index is 8.53. The van der Waals surface area contributed by atoms with Gasteiger partial charge in [0.15, 0.2) is 0 Å². The molecule has 0 aliphatic carbocycles. The van der Waals surface area contributed by atoms with Crippen molar-refractivity contribution in [3.63, 3.8) is 0 Å². The summed E-state index contributed by atoms with van der Waals surface area (Å²) >= 11 is 0. The van der Waals surface area contributed by atoms with Crippen molar-refractivity contribution in [2.75, 3.05) is 26.6 Å². The van der Waals surface area contributed by atoms with E-state index in [9.17, 15) is 0 Å². The van der Waals surface area contributed by atoms with E-state index in [0.717, 1.165) is 25.9 Å². The predicted octanol–water partition coefficient (Wildman–Crippen LogP) is 2.89. The molecule has 0 rings (SSSR count). The van der Waals surface area contributed by atoms with Crippen LogP contribution in [0.25, 0.3) is 0 Å². The van der Waals surface area contributed by atoms with Gasteiger partial charge in [0.05, 0.1) is 6.61 Å². The molecule has 3 heteroatoms. The lowest BCUT2D eigenvalue weighted by Gasteiger charge is -2.04. The number of rotatable bonds is 12. The van der Waals surface area contributed by atoms with E-state index >= 15 is 0 Å². The highest BCUT2D eigenvalue weighted by Crippen LogP contribution is 1.98. The van der Waals surface area contributed by atoms with Crippen molar-refractivity contribution in [1.29, 1.82) is 0 Å². The van der Waals surface area contributed by atoms with Crippen LogP contribution in [0.2, 0.25) is 0 Å². The molecule has 0 fully saturated rings. The molecule has 16 heavy (non-hydrogen) atoms. The quantitative estimate of drug-likeness (QED) is 0.318. The Labute approximate surface area is 99.5 Å². The summed E-state index contributed by atoms with van der Waals surface area (Å²) in [5, 5.41) is 8.53. The first-order valence-corrected chi connectivity index (χ1v) is 6.33. The molecule has 0 aromatic rings. The van der Waals surface area contributed by atoms with Gasteiger partial charge in [-0.15, -0.1) is 0 Å². The van der Waals surface area contributed by atoms with Crippen molar-refractivity contribution < 1.29 is 14.6 Å². The molecule has 0 aromatic heterocycles. The second-order valence-corrected chi connectivity index (χ2v) is 3.77. The molecule has 0 amide bonds. The average Bonchev–Trinajstić information content (AvgIpc) is 2.31. The topological polar surface area (TPSA) is 38.7 Å². The molecule has 0 bridgehead atoms. The third-order valence-corrected chi connectivity index (χ3v) is 2.20. The van der Waals surface area contributed by atoms with Crippen LogP contribution in [0.3, 0.4) is 0 Å². The van der Waals surface area contributed by atoms with Crippen molar-refractivity contribution in [3.8, 4) is 0 Å². The molecule has 0 radical (unpaired) electrons. The van der Waals surface area contributed by atoms with Crippen molar-refractivity contribution in [3.05, 3.63) is 12.2 Å². The first-order chi connectivity index (χ1) is 7.91. The number of hydrogen-bond donors (Lipinski definition) is 1. The molecular formula is C13H26O3. The lowest BCUT2D eigenvalue weighted by Crippen LogP contribution is -2.02. The maximum absolute atomic E-state index is 8.53. The monoisotopic (exact) mass is 230 g/mol. The van der Waals surface area contributed by atoms with Gasteiger partial charge in [0.25, 0.3) is 0 Å². The highest BCUT2D eigenvalue weighted by atomic mass is 16.7. The van der Waals surface area contributed by atoms with Crippen molar-refractivity contribution in [2.45, 2.75) is 45.4 Å². The molecule has 0 aromatic carbocycles. The van der Waals surface area contributed by atoms with Gasteiger partial charge in [0, 0.05) is 13.2 Å². The van der Waals surface area contributed by atoms with Gasteiger partial charge < -0.3 is 14.6 Å². The summed E-state index contributed by atoms with van der Waals surface area (Å²) < 4.78 is 10.6. The van der Waals surface area contributed by atoms with Crippen LogP contribution in [0.5, 0.6) is 0 Å². The van der Waals surface area contributed by atoms with Gasteiger partial charge in [-0.25, -0.2) is 0 Å². The van der Waals surface area contributed by atoms with E-state index in [4.69, 9.17) is 14.6 Å². The van der Waals surface area contributed by atoms with Gasteiger partial charge in [0.1, 0.15) is 6.79 Å². The van der Waals surface area contributed by atoms with Crippen LogP contribution in [-0.2, 0) is 9.47 Å². The molecule has 0 aliphatic rings. The Bertz CT molecular complexity index is 146. The summed E-state index contributed by atoms with van der Waals surface area (Å²) in [5.74, 6) is 0. The van der Waals surface area contributed by atoms with Crippen LogP contribution < -0.4 is 0 Å². The van der Waals surface area contributed by atoms with E-state index in [-0.39, 0.29) is 6.61 Å². The molecule has 0 spiro atoms. The van der Waals surface area contributed by atoms with Crippen LogP contribution in [0.4, 0.5) is 0 Å². The van der Waals surface area contributed by atoms with E-state index in [1.165, 1.54) is 19.3 Å². The van der Waals surface area contributed by atoms with Crippen molar-refractivity contribution >= 4 is 0 Å². The molecule has 96 valence electrons. The van der Waals surface area contributed by atoms with Gasteiger partial charge in [-0.1, -0.05) is 38.3 Å². The third-order valence-electron chi connectivity index (χ3n) is 2.20. The van der Waals surface area contributed by atoms with Gasteiger partial charge in [-0.2, -0.15) is 0 Å². The largest absolute Gasteiger partial charge is 0.396 e. The van der Waals surface area contributed by atoms with Gasteiger partial charge in [-0.3, -0.25) is 0 Å². The second kappa shape index (κ2) is 14.6. The number of aliphatic hydroxyl groups is 1. The zero-order chi connectivity index (χ0) is 11.9. The van der Waals surface area contributed by atoms with Gasteiger partial charge in [-0.05, 0) is 19.3 Å². The minimum Gasteiger partial charge on any atom is -0.396 e. The van der Waals surface area contributed by atoms with Gasteiger partial charge in [0.2, 0.25) is 0 Å². The third kappa shape index (κ3) is 13.6. The molecule has 0 unspecified atom stereocenters. The zero-order valence-corrected chi connectivity index (χ0v) is 10.5. The first-order valence-electron chi connectivity index (χ1n) is 6.33. The molecule has 0 atom stereocenters. The van der Waals surface area contributed by atoms with Crippen LogP contribution in [0.15, 0.2) is 12.2 Å². The van der Waals surface area contributed by atoms with E-state index in [1.54, 1.807) is 0 Å². The Morgan fingerprint density at radius 2 is 1.69 bits per heavy atom. The molecule has 0 aliphatic heterocycles. The van der Waals surface area contributed by atoms with Crippen molar-refractivity contribution in [2.24, 2.45) is 0 Å². The number of hydrogen-bond acceptors (Lipinski definition) is 3. The number of aliphatic hydroxyl groups excluding tert-OH is 1. The summed E-state index contributed by atoms with van der Waals surface area (Å²) in [7, 11) is 0. The number of unbranched alkanes of at least 4 members (excludes halogenated alkanes) is 3. The van der Waals surface area contributed by atoms with Crippen LogP contribution >= 0.6 is 0 Å². The van der Waals surface area contributed by atoms with E-state index in [2.05, 4.69) is 6.92 Å². The van der Waals surface area contributed by atoms with Crippen molar-refractivity contribution in [1.82, 2.24) is 0 Å². The molecule has 1 N–H and O–H groups in total. The molecule has 0 saturated carbocycles. The van der Waals surface area contributed by atoms with Crippen LogP contribution in [0, 0.1) is 0 Å². The average molecular weight is 230 g/mol. The standard InChI is InChI=1S/C13H26O3/c1-2-3-4-8-11-15-13-16-12-9-6-5-7-10-14/h5-6,14H,2-4,7-13H2,1H3/b6-5-. The van der Waals surface area contributed by atoms with E-state index in [1.807, 2.05) is 12.2 Å². The number of ether oxygens (including phenoxy) is 2. The Balaban J connectivity index is 2.93. The smallest absolute Gasteiger partial charge is 0.146 e. The van der Waals surface area contributed by atoms with Crippen LogP contribution in [-0.4, -0.2) is 31.7 Å². The van der Waals surface area contributed by atoms with E-state index < -0.39 is 0 Å². The Morgan fingerprint density at radius 3 is 2.44 bits per heavy atom. The second-order valence-electron chi connectivity index (χ2n) is 3.77.